The number of rotatable bonds is 1. The molecule has 4 aromatic rings. The predicted octanol–water partition coefficient (Wildman–Crippen LogP) is 5.25. The zero-order valence-electron chi connectivity index (χ0n) is 13.9. The third-order valence-electron chi connectivity index (χ3n) is 4.51. The van der Waals surface area contributed by atoms with E-state index in [0.29, 0.717) is 11.3 Å². The normalized spacial score (nSPS) is 11.1. The number of pyridine rings is 1. The number of hydrogen-bond acceptors (Lipinski definition) is 1. The summed E-state index contributed by atoms with van der Waals surface area (Å²) < 4.78 is 8.09. The summed E-state index contributed by atoms with van der Waals surface area (Å²) in [6.07, 6.45) is 2.03. The lowest BCUT2D eigenvalue weighted by Gasteiger charge is -2.08. The number of para-hydroxylation sites is 1. The van der Waals surface area contributed by atoms with Crippen molar-refractivity contribution in [1.82, 2.24) is 0 Å². The summed E-state index contributed by atoms with van der Waals surface area (Å²) in [5, 5.41) is 2.06. The van der Waals surface area contributed by atoms with Gasteiger partial charge in [0, 0.05) is 22.9 Å². The van der Waals surface area contributed by atoms with Crippen molar-refractivity contribution < 1.29 is 8.98 Å². The molecule has 2 aromatic heterocycles. The monoisotopic (exact) mass is 313 g/mol. The van der Waals surface area contributed by atoms with Crippen molar-refractivity contribution in [1.29, 1.82) is 0 Å². The summed E-state index contributed by atoms with van der Waals surface area (Å²) in [6.45, 7) is 11.9. The Morgan fingerprint density at radius 1 is 1.04 bits per heavy atom. The van der Waals surface area contributed by atoms with E-state index in [4.69, 9.17) is 11.0 Å². The third-order valence-corrected chi connectivity index (χ3v) is 4.51. The van der Waals surface area contributed by atoms with Crippen LogP contribution in [0, 0.1) is 20.4 Å². The number of benzene rings is 2. The molecule has 0 atom stereocenters. The maximum atomic E-state index is 7.77. The summed E-state index contributed by atoms with van der Waals surface area (Å²) in [4.78, 5) is 3.84. The third kappa shape index (κ3) is 2.00. The highest BCUT2D eigenvalue weighted by Gasteiger charge is 2.23. The molecule has 3 nitrogen and oxygen atoms in total. The van der Waals surface area contributed by atoms with Gasteiger partial charge in [-0.05, 0) is 37.1 Å². The Hall–Kier alpha value is -3.12. The lowest BCUT2D eigenvalue weighted by Crippen LogP contribution is -2.30. The first kappa shape index (κ1) is 14.5. The first-order chi connectivity index (χ1) is 11.6. The summed E-state index contributed by atoms with van der Waals surface area (Å²) in [7, 11) is 2.00. The summed E-state index contributed by atoms with van der Waals surface area (Å²) in [6, 6.07) is 14.3. The summed E-state index contributed by atoms with van der Waals surface area (Å²) >= 11 is 0. The van der Waals surface area contributed by atoms with E-state index in [1.807, 2.05) is 37.5 Å². The lowest BCUT2D eigenvalue weighted by molar-refractivity contribution is -0.660. The van der Waals surface area contributed by atoms with Gasteiger partial charge in [0.25, 0.3) is 0 Å². The Morgan fingerprint density at radius 2 is 1.83 bits per heavy atom. The van der Waals surface area contributed by atoms with Crippen molar-refractivity contribution in [2.45, 2.75) is 13.8 Å². The number of hydrogen-bond donors (Lipinski definition) is 0. The van der Waals surface area contributed by atoms with E-state index in [2.05, 4.69) is 41.5 Å². The lowest BCUT2D eigenvalue weighted by atomic mass is 9.98. The van der Waals surface area contributed by atoms with Gasteiger partial charge in [-0.25, -0.2) is 9.41 Å². The predicted molar refractivity (Wildman–Crippen MR) is 96.1 cm³/mol. The van der Waals surface area contributed by atoms with Crippen LogP contribution in [-0.2, 0) is 7.05 Å². The first-order valence-corrected chi connectivity index (χ1v) is 7.89. The minimum Gasteiger partial charge on any atom is -0.467 e. The van der Waals surface area contributed by atoms with Crippen LogP contribution in [0.4, 0.5) is 5.69 Å². The minimum absolute atomic E-state index is 0.586. The molecule has 0 radical (unpaired) electrons. The maximum absolute atomic E-state index is 7.77. The second-order valence-corrected chi connectivity index (χ2v) is 6.20. The molecule has 0 saturated carbocycles. The Kier molecular flexibility index (Phi) is 3.14. The topological polar surface area (TPSA) is 21.4 Å². The first-order valence-electron chi connectivity index (χ1n) is 7.89. The largest absolute Gasteiger partial charge is 0.467 e. The smallest absolute Gasteiger partial charge is 0.243 e. The molecular weight excluding hydrogens is 296 g/mol. The molecule has 4 rings (SSSR count). The van der Waals surface area contributed by atoms with E-state index in [1.54, 1.807) is 0 Å². The van der Waals surface area contributed by atoms with E-state index in [9.17, 15) is 0 Å². The highest BCUT2D eigenvalue weighted by Crippen LogP contribution is 2.42. The van der Waals surface area contributed by atoms with Gasteiger partial charge in [-0.1, -0.05) is 18.2 Å². The molecule has 0 saturated heterocycles. The van der Waals surface area contributed by atoms with Crippen molar-refractivity contribution in [3.8, 4) is 11.3 Å². The van der Waals surface area contributed by atoms with Crippen LogP contribution in [0.2, 0.25) is 0 Å². The van der Waals surface area contributed by atoms with E-state index < -0.39 is 0 Å². The molecule has 0 fully saturated rings. The average molecular weight is 313 g/mol. The Labute approximate surface area is 140 Å². The van der Waals surface area contributed by atoms with Crippen molar-refractivity contribution in [3.63, 3.8) is 0 Å². The van der Waals surface area contributed by atoms with Crippen LogP contribution in [0.3, 0.4) is 0 Å². The quantitative estimate of drug-likeness (QED) is 0.347. The molecule has 0 aliphatic carbocycles. The van der Waals surface area contributed by atoms with E-state index in [1.165, 1.54) is 5.56 Å². The number of aromatic nitrogens is 1. The molecule has 3 heteroatoms. The number of aryl methyl sites for hydroxylation is 3. The molecule has 2 aromatic carbocycles. The molecule has 0 N–H and O–H groups in total. The molecule has 0 aliphatic rings. The van der Waals surface area contributed by atoms with Gasteiger partial charge < -0.3 is 4.42 Å². The van der Waals surface area contributed by atoms with Gasteiger partial charge in [0.15, 0.2) is 6.20 Å². The summed E-state index contributed by atoms with van der Waals surface area (Å²) in [5.74, 6) is 0. The van der Waals surface area contributed by atoms with E-state index in [0.717, 1.165) is 33.2 Å². The summed E-state index contributed by atoms with van der Waals surface area (Å²) in [5.41, 5.74) is 6.31. The fraction of sp³-hybridized carbons (Fsp3) is 0.143. The second kappa shape index (κ2) is 5.21. The molecule has 0 unspecified atom stereocenters. The Morgan fingerprint density at radius 3 is 2.62 bits per heavy atom. The van der Waals surface area contributed by atoms with Crippen molar-refractivity contribution >= 4 is 27.6 Å². The SMILES string of the molecule is [C-]#[N+]c1c(-c2cc(C)cc[n+]2C)c(C)cc2c1oc1ccccc12. The Balaban J connectivity index is 2.17. The maximum Gasteiger partial charge on any atom is 0.243 e. The fourth-order valence-electron chi connectivity index (χ4n) is 3.33. The van der Waals surface area contributed by atoms with Gasteiger partial charge in [-0.15, -0.1) is 0 Å². The number of nitrogens with zero attached hydrogens (tertiary/aromatic N) is 2. The zero-order chi connectivity index (χ0) is 16.8. The Bertz CT molecular complexity index is 1150. The van der Waals surface area contributed by atoms with Gasteiger partial charge in [0.2, 0.25) is 11.4 Å². The van der Waals surface area contributed by atoms with Gasteiger partial charge in [0.05, 0.1) is 12.1 Å². The van der Waals surface area contributed by atoms with Crippen LogP contribution in [0.25, 0.3) is 38.0 Å². The minimum atomic E-state index is 0.586. The average Bonchev–Trinajstić information content (AvgIpc) is 2.94. The van der Waals surface area contributed by atoms with Crippen LogP contribution < -0.4 is 4.57 Å². The highest BCUT2D eigenvalue weighted by molar-refractivity contribution is 6.12. The zero-order valence-corrected chi connectivity index (χ0v) is 13.9. The van der Waals surface area contributed by atoms with Crippen LogP contribution in [0.1, 0.15) is 11.1 Å². The van der Waals surface area contributed by atoms with E-state index in [-0.39, 0.29) is 0 Å². The molecular formula is C21H17N2O+. The van der Waals surface area contributed by atoms with Crippen LogP contribution >= 0.6 is 0 Å². The van der Waals surface area contributed by atoms with E-state index >= 15 is 0 Å². The molecule has 24 heavy (non-hydrogen) atoms. The number of furan rings is 1. The van der Waals surface area contributed by atoms with Gasteiger partial charge in [-0.3, -0.25) is 0 Å². The van der Waals surface area contributed by atoms with Gasteiger partial charge >= 0.3 is 0 Å². The van der Waals surface area contributed by atoms with Gasteiger partial charge in [0.1, 0.15) is 18.2 Å². The fourth-order valence-corrected chi connectivity index (χ4v) is 3.33. The van der Waals surface area contributed by atoms with Gasteiger partial charge in [-0.2, -0.15) is 0 Å². The van der Waals surface area contributed by atoms with Crippen LogP contribution in [0.15, 0.2) is 53.1 Å². The van der Waals surface area contributed by atoms with Crippen LogP contribution in [0.5, 0.6) is 0 Å². The standard InChI is InChI=1S/C21H17N2O/c1-13-9-10-23(4)17(11-13)19-14(2)12-16-15-7-5-6-8-18(15)24-21(16)20(19)22-3/h5-12H,1-2,4H3/q+1. The van der Waals surface area contributed by atoms with Crippen molar-refractivity contribution in [2.75, 3.05) is 0 Å². The molecule has 0 bridgehead atoms. The number of fused-ring (bicyclic) bond motifs is 3. The molecule has 116 valence electrons. The van der Waals surface area contributed by atoms with Crippen molar-refractivity contribution in [3.05, 3.63) is 71.2 Å². The van der Waals surface area contributed by atoms with Crippen LogP contribution in [-0.4, -0.2) is 0 Å². The molecule has 0 amide bonds. The molecule has 0 spiro atoms. The second-order valence-electron chi connectivity index (χ2n) is 6.20. The highest BCUT2D eigenvalue weighted by atomic mass is 16.3. The van der Waals surface area contributed by atoms with Crippen molar-refractivity contribution in [2.24, 2.45) is 7.05 Å². The molecule has 0 aliphatic heterocycles. The molecule has 2 heterocycles.